The van der Waals surface area contributed by atoms with Crippen molar-refractivity contribution in [1.29, 1.82) is 0 Å². The van der Waals surface area contributed by atoms with E-state index in [9.17, 15) is 5.11 Å². The fourth-order valence-electron chi connectivity index (χ4n) is 2.36. The number of methoxy groups -OCH3 is 1. The van der Waals surface area contributed by atoms with Crippen LogP contribution in [0.15, 0.2) is 30.9 Å². The van der Waals surface area contributed by atoms with Crippen molar-refractivity contribution >= 4 is 0 Å². The summed E-state index contributed by atoms with van der Waals surface area (Å²) >= 11 is 0. The average molecular weight is 263 g/mol. The monoisotopic (exact) mass is 263 g/mol. The van der Waals surface area contributed by atoms with Crippen LogP contribution < -0.4 is 4.74 Å². The van der Waals surface area contributed by atoms with Crippen molar-refractivity contribution in [3.8, 4) is 11.5 Å². The van der Waals surface area contributed by atoms with Gasteiger partial charge in [-0.25, -0.2) is 0 Å². The summed E-state index contributed by atoms with van der Waals surface area (Å²) in [4.78, 5) is 2.35. The minimum atomic E-state index is 0.180. The largest absolute Gasteiger partial charge is 0.504 e. The Labute approximate surface area is 114 Å². The molecule has 1 aliphatic rings. The fourth-order valence-corrected chi connectivity index (χ4v) is 2.36. The molecule has 0 unspecified atom stereocenters. The van der Waals surface area contributed by atoms with Crippen molar-refractivity contribution in [3.05, 3.63) is 36.4 Å². The smallest absolute Gasteiger partial charge is 0.160 e. The van der Waals surface area contributed by atoms with Crippen molar-refractivity contribution in [2.75, 3.05) is 26.8 Å². The van der Waals surface area contributed by atoms with Crippen LogP contribution in [0, 0.1) is 0 Å². The Morgan fingerprint density at radius 3 is 3.11 bits per heavy atom. The SMILES string of the molecule is C=CCO[C@@H]1CCN(Cc2ccc(O)c(OC)c2)C1. The Bertz CT molecular complexity index is 433. The summed E-state index contributed by atoms with van der Waals surface area (Å²) in [6, 6.07) is 5.49. The molecule has 0 radical (unpaired) electrons. The number of phenolic OH excluding ortho intramolecular Hbond substituents is 1. The van der Waals surface area contributed by atoms with Gasteiger partial charge in [-0.2, -0.15) is 0 Å². The molecule has 0 aliphatic carbocycles. The molecule has 1 fully saturated rings. The number of likely N-dealkylation sites (tertiary alicyclic amines) is 1. The maximum atomic E-state index is 9.57. The summed E-state index contributed by atoms with van der Waals surface area (Å²) in [6.45, 7) is 7.10. The van der Waals surface area contributed by atoms with E-state index in [1.54, 1.807) is 19.3 Å². The maximum absolute atomic E-state index is 9.57. The summed E-state index contributed by atoms with van der Waals surface area (Å²) in [7, 11) is 1.56. The van der Waals surface area contributed by atoms with Crippen LogP contribution in [0.3, 0.4) is 0 Å². The summed E-state index contributed by atoms with van der Waals surface area (Å²) < 4.78 is 10.8. The minimum absolute atomic E-state index is 0.180. The Hall–Kier alpha value is -1.52. The van der Waals surface area contributed by atoms with Crippen molar-refractivity contribution in [3.63, 3.8) is 0 Å². The number of aromatic hydroxyl groups is 1. The third-order valence-electron chi connectivity index (χ3n) is 3.33. The van der Waals surface area contributed by atoms with Crippen LogP contribution in [0.25, 0.3) is 0 Å². The van der Waals surface area contributed by atoms with E-state index in [1.807, 2.05) is 12.1 Å². The lowest BCUT2D eigenvalue weighted by Gasteiger charge is -2.16. The third kappa shape index (κ3) is 3.72. The van der Waals surface area contributed by atoms with Crippen LogP contribution in [-0.4, -0.2) is 42.9 Å². The van der Waals surface area contributed by atoms with Gasteiger partial charge in [-0.3, -0.25) is 4.90 Å². The van der Waals surface area contributed by atoms with Crippen molar-refractivity contribution < 1.29 is 14.6 Å². The molecular formula is C15H21NO3. The summed E-state index contributed by atoms with van der Waals surface area (Å²) in [5.74, 6) is 0.705. The van der Waals surface area contributed by atoms with E-state index in [-0.39, 0.29) is 5.75 Å². The molecule has 1 heterocycles. The summed E-state index contributed by atoms with van der Waals surface area (Å²) in [5, 5.41) is 9.57. The van der Waals surface area contributed by atoms with Gasteiger partial charge >= 0.3 is 0 Å². The first-order chi connectivity index (χ1) is 9.22. The normalized spacial score (nSPS) is 19.5. The van der Waals surface area contributed by atoms with Gasteiger partial charge in [-0.15, -0.1) is 6.58 Å². The molecule has 4 heteroatoms. The molecule has 19 heavy (non-hydrogen) atoms. The van der Waals surface area contributed by atoms with E-state index in [4.69, 9.17) is 9.47 Å². The van der Waals surface area contributed by atoms with Crippen LogP contribution in [0.2, 0.25) is 0 Å². The Balaban J connectivity index is 1.90. The molecule has 1 aromatic carbocycles. The second-order valence-corrected chi connectivity index (χ2v) is 4.77. The molecule has 0 spiro atoms. The average Bonchev–Trinajstić information content (AvgIpc) is 2.86. The number of hydrogen-bond donors (Lipinski definition) is 1. The first-order valence-electron chi connectivity index (χ1n) is 6.53. The highest BCUT2D eigenvalue weighted by molar-refractivity contribution is 5.41. The quantitative estimate of drug-likeness (QED) is 0.799. The first kappa shape index (κ1) is 13.9. The summed E-state index contributed by atoms with van der Waals surface area (Å²) in [5.41, 5.74) is 1.14. The Morgan fingerprint density at radius 1 is 1.53 bits per heavy atom. The number of nitrogens with zero attached hydrogens (tertiary/aromatic N) is 1. The van der Waals surface area contributed by atoms with Gasteiger partial charge in [0.2, 0.25) is 0 Å². The van der Waals surface area contributed by atoms with Gasteiger partial charge in [-0.05, 0) is 24.1 Å². The molecule has 104 valence electrons. The molecule has 0 aromatic heterocycles. The van der Waals surface area contributed by atoms with Gasteiger partial charge in [0, 0.05) is 19.6 Å². The molecule has 0 saturated carbocycles. The van der Waals surface area contributed by atoms with Crippen LogP contribution in [0.4, 0.5) is 0 Å². The third-order valence-corrected chi connectivity index (χ3v) is 3.33. The fraction of sp³-hybridized carbons (Fsp3) is 0.467. The summed E-state index contributed by atoms with van der Waals surface area (Å²) in [6.07, 6.45) is 3.15. The number of hydrogen-bond acceptors (Lipinski definition) is 4. The predicted octanol–water partition coefficient (Wildman–Crippen LogP) is 2.18. The minimum Gasteiger partial charge on any atom is -0.504 e. The van der Waals surface area contributed by atoms with Crippen molar-refractivity contribution in [1.82, 2.24) is 4.90 Å². The number of ether oxygens (including phenoxy) is 2. The van der Waals surface area contributed by atoms with E-state index in [2.05, 4.69) is 11.5 Å². The molecule has 1 atom stereocenters. The topological polar surface area (TPSA) is 41.9 Å². The van der Waals surface area contributed by atoms with Gasteiger partial charge in [0.05, 0.1) is 19.8 Å². The first-order valence-corrected chi connectivity index (χ1v) is 6.53. The van der Waals surface area contributed by atoms with Crippen LogP contribution >= 0.6 is 0 Å². The number of phenols is 1. The van der Waals surface area contributed by atoms with E-state index >= 15 is 0 Å². The zero-order chi connectivity index (χ0) is 13.7. The Kier molecular flexibility index (Phi) is 4.82. The van der Waals surface area contributed by atoms with E-state index < -0.39 is 0 Å². The molecule has 2 rings (SSSR count). The highest BCUT2D eigenvalue weighted by Crippen LogP contribution is 2.27. The lowest BCUT2D eigenvalue weighted by Crippen LogP contribution is -2.23. The standard InChI is InChI=1S/C15H21NO3/c1-3-8-19-13-6-7-16(11-13)10-12-4-5-14(17)15(9-12)18-2/h3-5,9,13,17H,1,6-8,10-11H2,2H3/t13-/m1/s1. The molecular weight excluding hydrogens is 242 g/mol. The number of benzene rings is 1. The van der Waals surface area contributed by atoms with E-state index in [1.165, 1.54) is 0 Å². The molecule has 0 amide bonds. The van der Waals surface area contributed by atoms with E-state index in [0.29, 0.717) is 18.5 Å². The van der Waals surface area contributed by atoms with Crippen LogP contribution in [0.5, 0.6) is 11.5 Å². The van der Waals surface area contributed by atoms with Gasteiger partial charge in [0.25, 0.3) is 0 Å². The number of rotatable bonds is 6. The van der Waals surface area contributed by atoms with E-state index in [0.717, 1.165) is 31.6 Å². The van der Waals surface area contributed by atoms with Crippen molar-refractivity contribution in [2.24, 2.45) is 0 Å². The molecule has 4 nitrogen and oxygen atoms in total. The highest BCUT2D eigenvalue weighted by atomic mass is 16.5. The van der Waals surface area contributed by atoms with Crippen LogP contribution in [-0.2, 0) is 11.3 Å². The second kappa shape index (κ2) is 6.59. The highest BCUT2D eigenvalue weighted by Gasteiger charge is 2.22. The second-order valence-electron chi connectivity index (χ2n) is 4.77. The lowest BCUT2D eigenvalue weighted by atomic mass is 10.2. The Morgan fingerprint density at radius 2 is 2.37 bits per heavy atom. The van der Waals surface area contributed by atoms with Crippen LogP contribution in [0.1, 0.15) is 12.0 Å². The zero-order valence-corrected chi connectivity index (χ0v) is 11.3. The van der Waals surface area contributed by atoms with Crippen molar-refractivity contribution in [2.45, 2.75) is 19.1 Å². The van der Waals surface area contributed by atoms with Gasteiger partial charge in [0.1, 0.15) is 0 Å². The van der Waals surface area contributed by atoms with Gasteiger partial charge in [-0.1, -0.05) is 12.1 Å². The molecule has 1 saturated heterocycles. The molecule has 1 N–H and O–H groups in total. The van der Waals surface area contributed by atoms with Gasteiger partial charge in [0.15, 0.2) is 11.5 Å². The zero-order valence-electron chi connectivity index (χ0n) is 11.3. The predicted molar refractivity (Wildman–Crippen MR) is 74.5 cm³/mol. The molecule has 1 aromatic rings. The molecule has 0 bridgehead atoms. The lowest BCUT2D eigenvalue weighted by molar-refractivity contribution is 0.0795. The maximum Gasteiger partial charge on any atom is 0.160 e. The van der Waals surface area contributed by atoms with Gasteiger partial charge < -0.3 is 14.6 Å². The molecule has 1 aliphatic heterocycles.